The Hall–Kier alpha value is -2.58. The van der Waals surface area contributed by atoms with Gasteiger partial charge in [0.15, 0.2) is 0 Å². The van der Waals surface area contributed by atoms with Crippen molar-refractivity contribution >= 4 is 13.7 Å². The van der Waals surface area contributed by atoms with Crippen LogP contribution in [0.25, 0.3) is 0 Å². The van der Waals surface area contributed by atoms with Gasteiger partial charge in [-0.2, -0.15) is 0 Å². The fraction of sp³-hybridized carbons (Fsp3) is 0.702. The molecule has 0 bridgehead atoms. The average Bonchev–Trinajstić information content (AvgIpc) is 3.28. The van der Waals surface area contributed by atoms with E-state index >= 15 is 0 Å². The molecule has 0 heterocycles. The van der Waals surface area contributed by atoms with Crippen LogP contribution in [-0.4, -0.2) is 73.4 Å². The van der Waals surface area contributed by atoms with Crippen molar-refractivity contribution in [1.29, 1.82) is 0 Å². The maximum absolute atomic E-state index is 12.9. The van der Waals surface area contributed by atoms with E-state index < -0.39 is 20.0 Å². The number of allylic oxidation sites excluding steroid dienone is 15. The van der Waals surface area contributed by atoms with Gasteiger partial charge in [-0.25, -0.2) is 4.57 Å². The number of hydrogen-bond donors (Lipinski definition) is 3. The Morgan fingerprint density at radius 3 is 1.39 bits per heavy atom. The predicted molar refractivity (Wildman–Crippen MR) is 286 cm³/mol. The highest BCUT2D eigenvalue weighted by atomic mass is 31.2. The standard InChI is InChI=1S/C57H101N2O6P/c1-6-8-10-12-14-16-18-20-22-24-25-26-27-28-29-30-31-32-33-35-36-38-40-42-44-46-48-50-56(60)55(54-65-66(62,63)64-53-52-59(3,4)5)58-57(61)51-49-47-45-43-41-39-37-34-23-21-19-17-15-13-11-9-7-2/h9,11,15,17,21,23,33,35,37,39-40,42-43,45,48,50,55-56,60H,6-8,10,12-14,16,18-20,22,24-32,34,36,38,41,44,46-47,49,51-54H2,1-5H3,(H-,58,61,62,63)/p+1/b11-9-,17-15-,23-21-,35-33+,39-37-,42-40+,45-43-,50-48+. The number of phosphoric ester groups is 1. The molecule has 8 nitrogen and oxygen atoms in total. The molecule has 0 aliphatic rings. The molecule has 0 radical (unpaired) electrons. The molecule has 3 N–H and O–H groups in total. The van der Waals surface area contributed by atoms with Crippen molar-refractivity contribution in [2.45, 2.75) is 219 Å². The second-order valence-electron chi connectivity index (χ2n) is 18.8. The van der Waals surface area contributed by atoms with Gasteiger partial charge in [-0.1, -0.05) is 214 Å². The van der Waals surface area contributed by atoms with Crippen molar-refractivity contribution in [2.24, 2.45) is 0 Å². The van der Waals surface area contributed by atoms with Gasteiger partial charge < -0.3 is 19.8 Å². The van der Waals surface area contributed by atoms with E-state index in [0.29, 0.717) is 17.4 Å². The summed E-state index contributed by atoms with van der Waals surface area (Å²) in [6.07, 6.45) is 68.1. The molecule has 0 spiro atoms. The SMILES string of the molecule is CC/C=C\C/C=C\C/C=C\C/C=C\C/C=C\CCCC(=O)NC(COP(=O)(O)OCC[N+](C)(C)C)C(O)/C=C/CC/C=C/CC/C=C/CCCCCCCCCCCCCCCCCCC. The lowest BCUT2D eigenvalue weighted by Gasteiger charge is -2.25. The lowest BCUT2D eigenvalue weighted by Crippen LogP contribution is -2.45. The molecule has 0 aromatic carbocycles. The van der Waals surface area contributed by atoms with Gasteiger partial charge in [-0.05, 0) is 83.5 Å². The third-order valence-electron chi connectivity index (χ3n) is 11.3. The van der Waals surface area contributed by atoms with Gasteiger partial charge in [-0.3, -0.25) is 13.8 Å². The molecule has 0 aromatic heterocycles. The Labute approximate surface area is 407 Å². The highest BCUT2D eigenvalue weighted by Gasteiger charge is 2.27. The summed E-state index contributed by atoms with van der Waals surface area (Å²) in [4.78, 5) is 23.2. The third kappa shape index (κ3) is 49.3. The van der Waals surface area contributed by atoms with E-state index in [1.807, 2.05) is 27.2 Å². The fourth-order valence-electron chi connectivity index (χ4n) is 7.11. The lowest BCUT2D eigenvalue weighted by atomic mass is 10.0. The van der Waals surface area contributed by atoms with Crippen LogP contribution < -0.4 is 5.32 Å². The molecule has 0 aliphatic carbocycles. The summed E-state index contributed by atoms with van der Waals surface area (Å²) in [6, 6.07) is -0.906. The number of rotatable bonds is 47. The number of nitrogens with zero attached hydrogens (tertiary/aromatic N) is 1. The van der Waals surface area contributed by atoms with Crippen molar-refractivity contribution in [3.63, 3.8) is 0 Å². The molecule has 0 fully saturated rings. The number of amides is 1. The lowest BCUT2D eigenvalue weighted by molar-refractivity contribution is -0.870. The number of unbranched alkanes of at least 4 members (excludes halogenated alkanes) is 20. The fourth-order valence-corrected chi connectivity index (χ4v) is 7.84. The van der Waals surface area contributed by atoms with E-state index in [4.69, 9.17) is 9.05 Å². The Kier molecular flexibility index (Phi) is 45.6. The van der Waals surface area contributed by atoms with Crippen molar-refractivity contribution in [2.75, 3.05) is 40.9 Å². The zero-order chi connectivity index (χ0) is 48.5. The molecule has 3 unspecified atom stereocenters. The molecular formula is C57H102N2O6P+. The molecule has 1 amide bonds. The van der Waals surface area contributed by atoms with Crippen LogP contribution in [0, 0.1) is 0 Å². The summed E-state index contributed by atoms with van der Waals surface area (Å²) in [5, 5.41) is 13.8. The minimum absolute atomic E-state index is 0.0377. The molecule has 0 aromatic rings. The second-order valence-corrected chi connectivity index (χ2v) is 20.3. The number of hydrogen-bond acceptors (Lipinski definition) is 5. The van der Waals surface area contributed by atoms with Crippen LogP contribution in [0.2, 0.25) is 0 Å². The van der Waals surface area contributed by atoms with Gasteiger partial charge in [0.2, 0.25) is 5.91 Å². The van der Waals surface area contributed by atoms with E-state index in [1.54, 1.807) is 6.08 Å². The molecule has 0 saturated heterocycles. The first-order chi connectivity index (χ1) is 32.0. The van der Waals surface area contributed by atoms with E-state index in [-0.39, 0.29) is 25.5 Å². The number of carbonyl (C=O) groups is 1. The number of quaternary nitrogens is 1. The number of carbonyl (C=O) groups excluding carboxylic acids is 1. The Bertz CT molecular complexity index is 1390. The van der Waals surface area contributed by atoms with Crippen molar-refractivity contribution in [3.05, 3.63) is 97.2 Å². The van der Waals surface area contributed by atoms with Crippen molar-refractivity contribution < 1.29 is 32.9 Å². The van der Waals surface area contributed by atoms with Crippen LogP contribution in [0.5, 0.6) is 0 Å². The van der Waals surface area contributed by atoms with E-state index in [2.05, 4.69) is 104 Å². The topological polar surface area (TPSA) is 105 Å². The van der Waals surface area contributed by atoms with Gasteiger partial charge >= 0.3 is 7.82 Å². The first-order valence-electron chi connectivity index (χ1n) is 26.6. The van der Waals surface area contributed by atoms with Crippen LogP contribution in [0.3, 0.4) is 0 Å². The monoisotopic (exact) mass is 942 g/mol. The third-order valence-corrected chi connectivity index (χ3v) is 12.2. The first-order valence-corrected chi connectivity index (χ1v) is 28.1. The number of aliphatic hydroxyl groups is 1. The number of aliphatic hydroxyl groups excluding tert-OH is 1. The highest BCUT2D eigenvalue weighted by Crippen LogP contribution is 2.43. The van der Waals surface area contributed by atoms with E-state index in [1.165, 1.54) is 116 Å². The summed E-state index contributed by atoms with van der Waals surface area (Å²) in [7, 11) is 1.50. The minimum Gasteiger partial charge on any atom is -0.387 e. The van der Waals surface area contributed by atoms with Crippen LogP contribution in [0.15, 0.2) is 97.2 Å². The minimum atomic E-state index is -4.38. The molecular weight excluding hydrogens is 840 g/mol. The average molecular weight is 942 g/mol. The molecule has 0 rings (SSSR count). The van der Waals surface area contributed by atoms with Crippen molar-refractivity contribution in [3.8, 4) is 0 Å². The van der Waals surface area contributed by atoms with E-state index in [0.717, 1.165) is 64.2 Å². The van der Waals surface area contributed by atoms with Gasteiger partial charge in [0.1, 0.15) is 13.2 Å². The van der Waals surface area contributed by atoms with Gasteiger partial charge in [0.05, 0.1) is 39.9 Å². The van der Waals surface area contributed by atoms with Gasteiger partial charge in [-0.15, -0.1) is 0 Å². The van der Waals surface area contributed by atoms with Crippen molar-refractivity contribution in [1.82, 2.24) is 5.32 Å². The molecule has 0 aliphatic heterocycles. The first kappa shape index (κ1) is 63.4. The Balaban J connectivity index is 4.41. The summed E-state index contributed by atoms with van der Waals surface area (Å²) in [6.45, 7) is 4.62. The normalized spacial score (nSPS) is 14.8. The number of likely N-dealkylation sites (N-methyl/N-ethyl adjacent to an activating group) is 1. The quantitative estimate of drug-likeness (QED) is 0.0243. The molecule has 380 valence electrons. The largest absolute Gasteiger partial charge is 0.472 e. The smallest absolute Gasteiger partial charge is 0.387 e. The molecule has 9 heteroatoms. The van der Waals surface area contributed by atoms with Gasteiger partial charge in [0.25, 0.3) is 0 Å². The van der Waals surface area contributed by atoms with Crippen LogP contribution >= 0.6 is 7.82 Å². The maximum atomic E-state index is 12.9. The summed E-state index contributed by atoms with van der Waals surface area (Å²) < 4.78 is 23.6. The highest BCUT2D eigenvalue weighted by molar-refractivity contribution is 7.47. The van der Waals surface area contributed by atoms with Gasteiger partial charge in [0, 0.05) is 6.42 Å². The summed E-state index contributed by atoms with van der Waals surface area (Å²) in [5.41, 5.74) is 0. The predicted octanol–water partition coefficient (Wildman–Crippen LogP) is 15.9. The number of phosphoric acid groups is 1. The second kappa shape index (κ2) is 47.5. The van der Waals surface area contributed by atoms with Crippen LogP contribution in [0.1, 0.15) is 206 Å². The summed E-state index contributed by atoms with van der Waals surface area (Å²) in [5.74, 6) is -0.251. The molecule has 66 heavy (non-hydrogen) atoms. The Morgan fingerprint density at radius 2 is 0.924 bits per heavy atom. The van der Waals surface area contributed by atoms with Crippen LogP contribution in [-0.2, 0) is 18.4 Å². The Morgan fingerprint density at radius 1 is 0.530 bits per heavy atom. The van der Waals surface area contributed by atoms with E-state index in [9.17, 15) is 19.4 Å². The maximum Gasteiger partial charge on any atom is 0.472 e. The molecule has 0 saturated carbocycles. The number of nitrogens with one attached hydrogen (secondary N) is 1. The van der Waals surface area contributed by atoms with Crippen LogP contribution in [0.4, 0.5) is 0 Å². The zero-order valence-electron chi connectivity index (χ0n) is 43.1. The zero-order valence-corrected chi connectivity index (χ0v) is 44.0. The summed E-state index contributed by atoms with van der Waals surface area (Å²) >= 11 is 0. The molecule has 3 atom stereocenters.